The SMILES string of the molecule is CNc1ccc(N=NC2N(C)C=C[NH+]2C)cc1.CNc1ccc(N=NC2N(C)C=C[NH+]2C)cc1.[Cl][Zn-2]([Cl])([Cl])[Cl]. The summed E-state index contributed by atoms with van der Waals surface area (Å²) < 4.78 is 0. The van der Waals surface area contributed by atoms with Gasteiger partial charge in [-0.25, -0.2) is 0 Å². The van der Waals surface area contributed by atoms with Gasteiger partial charge in [-0.1, -0.05) is 0 Å². The number of quaternary nitrogens is 2. The first-order chi connectivity index (χ1) is 18.4. The van der Waals surface area contributed by atoms with Crippen LogP contribution in [0.15, 0.2) is 93.8 Å². The first-order valence-corrected chi connectivity index (χ1v) is 27.9. The zero-order valence-electron chi connectivity index (χ0n) is 23.0. The van der Waals surface area contributed by atoms with E-state index in [2.05, 4.69) is 57.6 Å². The Kier molecular flexibility index (Phi) is 13.9. The number of anilines is 2. The fourth-order valence-corrected chi connectivity index (χ4v) is 3.43. The molecule has 2 aliphatic rings. The van der Waals surface area contributed by atoms with Gasteiger partial charge >= 0.3 is 49.6 Å². The van der Waals surface area contributed by atoms with Gasteiger partial charge in [-0.05, 0) is 48.5 Å². The van der Waals surface area contributed by atoms with Crippen LogP contribution in [0.4, 0.5) is 22.7 Å². The maximum absolute atomic E-state index is 5.05. The first-order valence-electron chi connectivity index (χ1n) is 12.3. The summed E-state index contributed by atoms with van der Waals surface area (Å²) in [6.45, 7) is 0. The topological polar surface area (TPSA) is 88.9 Å². The average molecular weight is 672 g/mol. The van der Waals surface area contributed by atoms with E-state index in [4.69, 9.17) is 38.8 Å². The van der Waals surface area contributed by atoms with Crippen molar-refractivity contribution in [2.24, 2.45) is 20.5 Å². The predicted molar refractivity (Wildman–Crippen MR) is 160 cm³/mol. The van der Waals surface area contributed by atoms with Crippen LogP contribution in [-0.4, -0.2) is 64.7 Å². The van der Waals surface area contributed by atoms with Gasteiger partial charge in [-0.2, -0.15) is 0 Å². The summed E-state index contributed by atoms with van der Waals surface area (Å²) in [5.41, 5.74) is 3.90. The second-order valence-electron chi connectivity index (χ2n) is 8.83. The van der Waals surface area contributed by atoms with Crippen molar-refractivity contribution in [3.05, 3.63) is 73.3 Å². The zero-order chi connectivity index (χ0) is 29.0. The second kappa shape index (κ2) is 16.3. The fraction of sp³-hybridized carbons (Fsp3) is 0.333. The third-order valence-electron chi connectivity index (χ3n) is 5.61. The Morgan fingerprint density at radius 1 is 0.667 bits per heavy atom. The molecule has 0 bridgehead atoms. The van der Waals surface area contributed by atoms with E-state index in [-0.39, 0.29) is 12.6 Å². The van der Waals surface area contributed by atoms with Crippen LogP contribution in [0.25, 0.3) is 0 Å². The molecule has 0 saturated heterocycles. The van der Waals surface area contributed by atoms with Crippen LogP contribution >= 0.6 is 38.8 Å². The molecule has 4 rings (SSSR count). The normalized spacial score (nSPS) is 22.1. The summed E-state index contributed by atoms with van der Waals surface area (Å²) in [6, 6.07) is 15.8. The van der Waals surface area contributed by atoms with E-state index in [1.165, 1.54) is 9.80 Å². The number of halogens is 4. The van der Waals surface area contributed by atoms with E-state index in [0.717, 1.165) is 22.7 Å². The molecule has 0 amide bonds. The zero-order valence-corrected chi connectivity index (χ0v) is 29.0. The van der Waals surface area contributed by atoms with Crippen LogP contribution in [0.3, 0.4) is 0 Å². The van der Waals surface area contributed by atoms with Gasteiger partial charge < -0.3 is 20.4 Å². The molecule has 15 heteroatoms. The molecule has 212 valence electrons. The van der Waals surface area contributed by atoms with E-state index >= 15 is 0 Å². The van der Waals surface area contributed by atoms with Crippen LogP contribution in [0.1, 0.15) is 0 Å². The molecule has 2 aliphatic heterocycles. The third-order valence-corrected chi connectivity index (χ3v) is 5.61. The number of hydrogen-bond acceptors (Lipinski definition) is 8. The molecule has 4 N–H and O–H groups in total. The van der Waals surface area contributed by atoms with Crippen molar-refractivity contribution in [2.45, 2.75) is 12.6 Å². The molecule has 4 atom stereocenters. The van der Waals surface area contributed by atoms with Crippen LogP contribution < -0.4 is 20.4 Å². The van der Waals surface area contributed by atoms with Crippen molar-refractivity contribution in [1.29, 1.82) is 0 Å². The van der Waals surface area contributed by atoms with Crippen LogP contribution in [-0.2, 0) is 10.8 Å². The number of hydrogen-bond donors (Lipinski definition) is 4. The molecular weight excluding hydrogens is 636 g/mol. The molecule has 4 unspecified atom stereocenters. The molecular formula is C24H36Cl4N10Zn. The summed E-state index contributed by atoms with van der Waals surface area (Å²) >= 11 is 0. The van der Waals surface area contributed by atoms with Gasteiger partial charge in [0.15, 0.2) is 0 Å². The van der Waals surface area contributed by atoms with Gasteiger partial charge in [-0.15, -0.1) is 20.5 Å². The number of nitrogens with zero attached hydrogens (tertiary/aromatic N) is 6. The van der Waals surface area contributed by atoms with Crippen molar-refractivity contribution in [3.8, 4) is 0 Å². The van der Waals surface area contributed by atoms with Gasteiger partial charge in [0.25, 0.3) is 12.6 Å². The molecule has 2 aromatic carbocycles. The molecule has 2 aromatic rings. The van der Waals surface area contributed by atoms with Crippen LogP contribution in [0.2, 0.25) is 0 Å². The van der Waals surface area contributed by atoms with Crippen molar-refractivity contribution < 1.29 is 20.6 Å². The fourth-order valence-electron chi connectivity index (χ4n) is 3.43. The van der Waals surface area contributed by atoms with Crippen molar-refractivity contribution >= 4 is 61.5 Å². The van der Waals surface area contributed by atoms with E-state index < -0.39 is 10.8 Å². The van der Waals surface area contributed by atoms with Gasteiger partial charge in [0.1, 0.15) is 12.4 Å². The van der Waals surface area contributed by atoms with Gasteiger partial charge in [0, 0.05) is 39.6 Å². The molecule has 0 saturated carbocycles. The standard InChI is InChI=1S/2C12H17N5.4ClH.Zn/c2*1-13-10-4-6-11(7-5-10)14-15-12-16(2)8-9-17(12)3;;;;;/h2*4-9,12-13H,1-3H3;4*1H;/q;;;;;;+2/p-2. The summed E-state index contributed by atoms with van der Waals surface area (Å²) in [5, 5.41) is 23.3. The van der Waals surface area contributed by atoms with E-state index in [0.29, 0.717) is 0 Å². The second-order valence-corrected chi connectivity index (χ2v) is 36.6. The molecule has 39 heavy (non-hydrogen) atoms. The minimum atomic E-state index is -3.36. The molecule has 0 radical (unpaired) electrons. The Hall–Kier alpha value is -1.98. The van der Waals surface area contributed by atoms with Gasteiger partial charge in [0.05, 0.1) is 37.9 Å². The average Bonchev–Trinajstić information content (AvgIpc) is 3.40. The summed E-state index contributed by atoms with van der Waals surface area (Å²) in [4.78, 5) is 6.51. The minimum absolute atomic E-state index is 0.0407. The molecule has 0 fully saturated rings. The quantitative estimate of drug-likeness (QED) is 0.263. The Balaban J connectivity index is 0.000000234. The Morgan fingerprint density at radius 2 is 0.974 bits per heavy atom. The predicted octanol–water partition coefficient (Wildman–Crippen LogP) is 4.81. The monoisotopic (exact) mass is 668 g/mol. The Labute approximate surface area is 249 Å². The van der Waals surface area contributed by atoms with Crippen molar-refractivity contribution in [1.82, 2.24) is 9.80 Å². The summed E-state index contributed by atoms with van der Waals surface area (Å²) in [7, 11) is 28.7. The molecule has 2 heterocycles. The molecule has 0 spiro atoms. The maximum atomic E-state index is 5.05. The van der Waals surface area contributed by atoms with Crippen LogP contribution in [0.5, 0.6) is 0 Å². The van der Waals surface area contributed by atoms with E-state index in [9.17, 15) is 0 Å². The van der Waals surface area contributed by atoms with Crippen molar-refractivity contribution in [2.75, 3.05) is 52.9 Å². The number of benzene rings is 2. The molecule has 10 nitrogen and oxygen atoms in total. The van der Waals surface area contributed by atoms with Gasteiger partial charge in [0.2, 0.25) is 0 Å². The third kappa shape index (κ3) is 12.4. The summed E-state index contributed by atoms with van der Waals surface area (Å²) in [6.07, 6.45) is 8.24. The van der Waals surface area contributed by atoms with Crippen LogP contribution in [0, 0.1) is 0 Å². The summed E-state index contributed by atoms with van der Waals surface area (Å²) in [5.74, 6) is 0. The Morgan fingerprint density at radius 3 is 1.21 bits per heavy atom. The van der Waals surface area contributed by atoms with E-state index in [1.54, 1.807) is 0 Å². The first kappa shape index (κ1) is 33.2. The number of azo groups is 2. The van der Waals surface area contributed by atoms with Crippen molar-refractivity contribution in [3.63, 3.8) is 0 Å². The molecule has 0 aromatic heterocycles. The molecule has 0 aliphatic carbocycles. The van der Waals surface area contributed by atoms with Gasteiger partial charge in [-0.3, -0.25) is 9.80 Å². The van der Waals surface area contributed by atoms with E-state index in [1.807, 2.05) is 98.9 Å². The number of rotatable bonds is 6. The Bertz CT molecular complexity index is 1010. The number of nitrogens with one attached hydrogen (secondary N) is 4.